The maximum atomic E-state index is 12.5. The number of benzene rings is 1. The zero-order valence-corrected chi connectivity index (χ0v) is 14.1. The highest BCUT2D eigenvalue weighted by Gasteiger charge is 2.57. The molecule has 1 aromatic rings. The van der Waals surface area contributed by atoms with E-state index in [4.69, 9.17) is 10.00 Å². The first-order chi connectivity index (χ1) is 11.6. The lowest BCUT2D eigenvalue weighted by atomic mass is 9.49. The first-order valence-electron chi connectivity index (χ1n) is 8.98. The van der Waals surface area contributed by atoms with E-state index in [0.29, 0.717) is 29.5 Å². The quantitative estimate of drug-likeness (QED) is 0.925. The average molecular weight is 324 g/mol. The standard InChI is InChI=1S/C20H24N2O2/c1-24-20(17-7-14-6-15(9-17)10-18(20)8-14)12-22-19(23)16-4-2-13(11-21)3-5-16/h2-5,14-15,17-18H,6-10,12H2,1H3,(H,22,23). The number of nitrogens with one attached hydrogen (secondary N) is 1. The van der Waals surface area contributed by atoms with Crippen LogP contribution >= 0.6 is 0 Å². The molecule has 0 atom stereocenters. The lowest BCUT2D eigenvalue weighted by Gasteiger charge is -2.60. The van der Waals surface area contributed by atoms with Gasteiger partial charge in [0, 0.05) is 19.2 Å². The highest BCUT2D eigenvalue weighted by molar-refractivity contribution is 5.94. The molecule has 0 heterocycles. The van der Waals surface area contributed by atoms with E-state index in [1.165, 1.54) is 32.1 Å². The largest absolute Gasteiger partial charge is 0.376 e. The number of nitriles is 1. The predicted octanol–water partition coefficient (Wildman–Crippen LogP) is 3.13. The first-order valence-corrected chi connectivity index (χ1v) is 8.98. The molecular formula is C20H24N2O2. The van der Waals surface area contributed by atoms with Crippen molar-refractivity contribution in [2.45, 2.75) is 37.7 Å². The molecule has 4 aliphatic rings. The van der Waals surface area contributed by atoms with Crippen molar-refractivity contribution in [2.24, 2.45) is 23.7 Å². The Morgan fingerprint density at radius 2 is 1.75 bits per heavy atom. The maximum Gasteiger partial charge on any atom is 0.251 e. The molecule has 1 N–H and O–H groups in total. The predicted molar refractivity (Wildman–Crippen MR) is 90.3 cm³/mol. The van der Waals surface area contributed by atoms with Crippen LogP contribution in [0.5, 0.6) is 0 Å². The third-order valence-electron chi connectivity index (χ3n) is 6.70. The zero-order chi connectivity index (χ0) is 16.7. The van der Waals surface area contributed by atoms with E-state index in [2.05, 4.69) is 11.4 Å². The van der Waals surface area contributed by atoms with Crippen LogP contribution < -0.4 is 5.32 Å². The Hall–Kier alpha value is -1.86. The molecule has 5 rings (SSSR count). The number of hydrogen-bond acceptors (Lipinski definition) is 3. The molecule has 1 aromatic carbocycles. The van der Waals surface area contributed by atoms with Crippen molar-refractivity contribution in [2.75, 3.05) is 13.7 Å². The summed E-state index contributed by atoms with van der Waals surface area (Å²) in [7, 11) is 1.82. The number of nitrogens with zero attached hydrogens (tertiary/aromatic N) is 1. The second-order valence-corrected chi connectivity index (χ2v) is 7.84. The van der Waals surface area contributed by atoms with Crippen LogP contribution in [-0.4, -0.2) is 25.2 Å². The monoisotopic (exact) mass is 324 g/mol. The SMILES string of the molecule is COC1(CNC(=O)c2ccc(C#N)cc2)C2CC3CC(C2)CC1C3. The minimum atomic E-state index is -0.185. The van der Waals surface area contributed by atoms with Gasteiger partial charge in [-0.05, 0) is 80.0 Å². The van der Waals surface area contributed by atoms with E-state index < -0.39 is 0 Å². The van der Waals surface area contributed by atoms with Gasteiger partial charge in [0.1, 0.15) is 0 Å². The molecule has 0 aromatic heterocycles. The van der Waals surface area contributed by atoms with Crippen LogP contribution in [0.1, 0.15) is 48.0 Å². The van der Waals surface area contributed by atoms with E-state index >= 15 is 0 Å². The van der Waals surface area contributed by atoms with E-state index in [9.17, 15) is 4.79 Å². The first kappa shape index (κ1) is 15.7. The van der Waals surface area contributed by atoms with Crippen molar-refractivity contribution in [3.63, 3.8) is 0 Å². The minimum absolute atomic E-state index is 0.0790. The molecule has 0 aliphatic heterocycles. The van der Waals surface area contributed by atoms with Gasteiger partial charge in [0.05, 0.1) is 17.2 Å². The average Bonchev–Trinajstić information content (AvgIpc) is 2.61. The van der Waals surface area contributed by atoms with E-state index in [-0.39, 0.29) is 11.5 Å². The third-order valence-corrected chi connectivity index (χ3v) is 6.70. The number of hydrogen-bond donors (Lipinski definition) is 1. The van der Waals surface area contributed by atoms with Gasteiger partial charge in [-0.1, -0.05) is 0 Å². The highest BCUT2D eigenvalue weighted by atomic mass is 16.5. The van der Waals surface area contributed by atoms with Crippen LogP contribution in [-0.2, 0) is 4.74 Å². The van der Waals surface area contributed by atoms with Gasteiger partial charge in [-0.25, -0.2) is 0 Å². The molecule has 4 nitrogen and oxygen atoms in total. The summed E-state index contributed by atoms with van der Waals surface area (Å²) in [6, 6.07) is 8.87. The highest BCUT2D eigenvalue weighted by Crippen LogP contribution is 2.59. The van der Waals surface area contributed by atoms with Crippen molar-refractivity contribution in [1.29, 1.82) is 5.26 Å². The molecule has 0 spiro atoms. The van der Waals surface area contributed by atoms with Gasteiger partial charge < -0.3 is 10.1 Å². The Bertz CT molecular complexity index is 646. The van der Waals surface area contributed by atoms with E-state index in [0.717, 1.165) is 11.8 Å². The molecular weight excluding hydrogens is 300 g/mol. The lowest BCUT2D eigenvalue weighted by molar-refractivity contribution is -0.186. The van der Waals surface area contributed by atoms with Gasteiger partial charge in [0.25, 0.3) is 5.91 Å². The molecule has 0 unspecified atom stereocenters. The van der Waals surface area contributed by atoms with Gasteiger partial charge in [-0.2, -0.15) is 5.26 Å². The molecule has 126 valence electrons. The smallest absolute Gasteiger partial charge is 0.251 e. The Balaban J connectivity index is 1.47. The molecule has 4 bridgehead atoms. The molecule has 4 heteroatoms. The summed E-state index contributed by atoms with van der Waals surface area (Å²) in [4.78, 5) is 12.5. The van der Waals surface area contributed by atoms with E-state index in [1.807, 2.05) is 7.11 Å². The summed E-state index contributed by atoms with van der Waals surface area (Å²) in [5.74, 6) is 2.85. The molecule has 1 amide bonds. The van der Waals surface area contributed by atoms with E-state index in [1.54, 1.807) is 24.3 Å². The Labute approximate surface area is 143 Å². The minimum Gasteiger partial charge on any atom is -0.376 e. The fraction of sp³-hybridized carbons (Fsp3) is 0.600. The number of carbonyl (C=O) groups excluding carboxylic acids is 1. The number of amides is 1. The van der Waals surface area contributed by atoms with Gasteiger partial charge in [-0.15, -0.1) is 0 Å². The van der Waals surface area contributed by atoms with Crippen LogP contribution in [0.4, 0.5) is 0 Å². The molecule has 4 aliphatic carbocycles. The number of rotatable bonds is 4. The number of carbonyl (C=O) groups is 1. The Morgan fingerprint density at radius 1 is 1.17 bits per heavy atom. The van der Waals surface area contributed by atoms with Crippen LogP contribution in [0.3, 0.4) is 0 Å². The fourth-order valence-electron chi connectivity index (χ4n) is 5.69. The molecule has 0 radical (unpaired) electrons. The summed E-state index contributed by atoms with van der Waals surface area (Å²) >= 11 is 0. The maximum absolute atomic E-state index is 12.5. The second kappa shape index (κ2) is 5.89. The van der Waals surface area contributed by atoms with Gasteiger partial charge in [0.15, 0.2) is 0 Å². The van der Waals surface area contributed by atoms with Gasteiger partial charge in [0.2, 0.25) is 0 Å². The summed E-state index contributed by atoms with van der Waals surface area (Å²) < 4.78 is 6.08. The van der Waals surface area contributed by atoms with Crippen molar-refractivity contribution in [3.8, 4) is 6.07 Å². The lowest BCUT2D eigenvalue weighted by Crippen LogP contribution is -2.63. The van der Waals surface area contributed by atoms with Crippen molar-refractivity contribution in [3.05, 3.63) is 35.4 Å². The fourth-order valence-corrected chi connectivity index (χ4v) is 5.69. The normalized spacial score (nSPS) is 36.3. The van der Waals surface area contributed by atoms with Crippen LogP contribution in [0.2, 0.25) is 0 Å². The summed E-state index contributed by atoms with van der Waals surface area (Å²) in [6.45, 7) is 0.594. The van der Waals surface area contributed by atoms with Crippen molar-refractivity contribution < 1.29 is 9.53 Å². The van der Waals surface area contributed by atoms with Crippen LogP contribution in [0.25, 0.3) is 0 Å². The molecule has 4 saturated carbocycles. The van der Waals surface area contributed by atoms with Gasteiger partial charge in [-0.3, -0.25) is 4.79 Å². The van der Waals surface area contributed by atoms with Crippen LogP contribution in [0.15, 0.2) is 24.3 Å². The molecule has 0 saturated heterocycles. The Kier molecular flexibility index (Phi) is 3.85. The van der Waals surface area contributed by atoms with Crippen LogP contribution in [0, 0.1) is 35.0 Å². The number of methoxy groups -OCH3 is 1. The second-order valence-electron chi connectivity index (χ2n) is 7.84. The number of ether oxygens (including phenoxy) is 1. The zero-order valence-electron chi connectivity index (χ0n) is 14.1. The van der Waals surface area contributed by atoms with Crippen molar-refractivity contribution in [1.82, 2.24) is 5.32 Å². The third kappa shape index (κ3) is 2.43. The van der Waals surface area contributed by atoms with Gasteiger partial charge >= 0.3 is 0 Å². The van der Waals surface area contributed by atoms with Crippen molar-refractivity contribution >= 4 is 5.91 Å². The topological polar surface area (TPSA) is 62.1 Å². The summed E-state index contributed by atoms with van der Waals surface area (Å²) in [5.41, 5.74) is 0.986. The molecule has 4 fully saturated rings. The summed E-state index contributed by atoms with van der Waals surface area (Å²) in [5, 5.41) is 12.0. The molecule has 24 heavy (non-hydrogen) atoms. The summed E-state index contributed by atoms with van der Waals surface area (Å²) in [6.07, 6.45) is 6.44. The Morgan fingerprint density at radius 3 is 2.25 bits per heavy atom.